The van der Waals surface area contributed by atoms with Crippen LogP contribution in [0.15, 0.2) is 23.6 Å². The SMILES string of the molecule is Cc1nn(C)c2nc(-c3cccs3)cc(C(=O)N3CCC(CC(=O)O)CC3)c12. The molecule has 0 radical (unpaired) electrons. The second-order valence-electron chi connectivity index (χ2n) is 7.27. The fourth-order valence-corrected chi connectivity index (χ4v) is 4.61. The van der Waals surface area contributed by atoms with Gasteiger partial charge in [0.15, 0.2) is 5.65 Å². The van der Waals surface area contributed by atoms with Crippen molar-refractivity contribution in [1.29, 1.82) is 0 Å². The molecule has 1 saturated heterocycles. The number of fused-ring (bicyclic) bond motifs is 1. The Morgan fingerprint density at radius 1 is 1.32 bits per heavy atom. The van der Waals surface area contributed by atoms with Gasteiger partial charge in [-0.1, -0.05) is 6.07 Å². The second kappa shape index (κ2) is 7.35. The predicted molar refractivity (Wildman–Crippen MR) is 107 cm³/mol. The van der Waals surface area contributed by atoms with Gasteiger partial charge in [0.25, 0.3) is 5.91 Å². The highest BCUT2D eigenvalue weighted by Crippen LogP contribution is 2.31. The summed E-state index contributed by atoms with van der Waals surface area (Å²) < 4.78 is 1.72. The molecule has 8 heteroatoms. The van der Waals surface area contributed by atoms with E-state index >= 15 is 0 Å². The van der Waals surface area contributed by atoms with E-state index in [-0.39, 0.29) is 18.2 Å². The van der Waals surface area contributed by atoms with E-state index in [4.69, 9.17) is 10.1 Å². The summed E-state index contributed by atoms with van der Waals surface area (Å²) in [4.78, 5) is 31.9. The molecule has 0 spiro atoms. The highest BCUT2D eigenvalue weighted by Gasteiger charge is 2.28. The van der Waals surface area contributed by atoms with Crippen LogP contribution in [0.2, 0.25) is 0 Å². The molecule has 1 amide bonds. The number of hydrogen-bond acceptors (Lipinski definition) is 5. The maximum atomic E-state index is 13.4. The number of thiophene rings is 1. The molecule has 0 aromatic carbocycles. The van der Waals surface area contributed by atoms with Crippen molar-refractivity contribution < 1.29 is 14.7 Å². The van der Waals surface area contributed by atoms with E-state index in [0.29, 0.717) is 24.3 Å². The number of carboxylic acid groups (broad SMARTS) is 1. The lowest BCUT2D eigenvalue weighted by Crippen LogP contribution is -2.39. The third-order valence-electron chi connectivity index (χ3n) is 5.34. The molecule has 3 aromatic heterocycles. The molecule has 28 heavy (non-hydrogen) atoms. The number of aliphatic carboxylic acids is 1. The van der Waals surface area contributed by atoms with Crippen molar-refractivity contribution in [1.82, 2.24) is 19.7 Å². The van der Waals surface area contributed by atoms with Crippen molar-refractivity contribution >= 4 is 34.2 Å². The number of carbonyl (C=O) groups excluding carboxylic acids is 1. The fraction of sp³-hybridized carbons (Fsp3) is 0.400. The van der Waals surface area contributed by atoms with E-state index in [1.165, 1.54) is 0 Å². The van der Waals surface area contributed by atoms with Crippen LogP contribution in [-0.2, 0) is 11.8 Å². The summed E-state index contributed by atoms with van der Waals surface area (Å²) in [5.74, 6) is -0.664. The average molecular weight is 398 g/mol. The third-order valence-corrected chi connectivity index (χ3v) is 6.23. The molecule has 1 fully saturated rings. The number of pyridine rings is 1. The Hall–Kier alpha value is -2.74. The molecule has 0 atom stereocenters. The first-order chi connectivity index (χ1) is 13.4. The lowest BCUT2D eigenvalue weighted by molar-refractivity contribution is -0.138. The number of piperidine rings is 1. The van der Waals surface area contributed by atoms with Gasteiger partial charge in [0.2, 0.25) is 0 Å². The Bertz CT molecular complexity index is 1030. The second-order valence-corrected chi connectivity index (χ2v) is 8.22. The molecule has 7 nitrogen and oxygen atoms in total. The van der Waals surface area contributed by atoms with Crippen LogP contribution in [0.1, 0.15) is 35.3 Å². The number of nitrogens with zero attached hydrogens (tertiary/aromatic N) is 4. The molecule has 0 saturated carbocycles. The largest absolute Gasteiger partial charge is 0.481 e. The number of carboxylic acids is 1. The minimum Gasteiger partial charge on any atom is -0.481 e. The average Bonchev–Trinajstić information content (AvgIpc) is 3.30. The molecule has 146 valence electrons. The minimum atomic E-state index is -0.771. The van der Waals surface area contributed by atoms with Crippen LogP contribution in [0.25, 0.3) is 21.6 Å². The van der Waals surface area contributed by atoms with E-state index in [1.807, 2.05) is 42.5 Å². The number of amides is 1. The summed E-state index contributed by atoms with van der Waals surface area (Å²) in [7, 11) is 1.84. The zero-order valence-electron chi connectivity index (χ0n) is 15.9. The lowest BCUT2D eigenvalue weighted by Gasteiger charge is -2.31. The fourth-order valence-electron chi connectivity index (χ4n) is 3.92. The van der Waals surface area contributed by atoms with Crippen molar-refractivity contribution in [2.75, 3.05) is 13.1 Å². The Morgan fingerprint density at radius 2 is 2.07 bits per heavy atom. The van der Waals surface area contributed by atoms with Gasteiger partial charge in [-0.25, -0.2) is 4.98 Å². The van der Waals surface area contributed by atoms with Crippen LogP contribution in [0, 0.1) is 12.8 Å². The van der Waals surface area contributed by atoms with Gasteiger partial charge in [0.05, 0.1) is 27.2 Å². The Morgan fingerprint density at radius 3 is 2.71 bits per heavy atom. The van der Waals surface area contributed by atoms with Gasteiger partial charge < -0.3 is 10.0 Å². The summed E-state index contributed by atoms with van der Waals surface area (Å²) >= 11 is 1.59. The maximum absolute atomic E-state index is 13.4. The first-order valence-corrected chi connectivity index (χ1v) is 10.2. The Labute approximate surface area is 166 Å². The number of carbonyl (C=O) groups is 2. The number of aromatic nitrogens is 3. The monoisotopic (exact) mass is 398 g/mol. The summed E-state index contributed by atoms with van der Waals surface area (Å²) in [5.41, 5.74) is 2.88. The summed E-state index contributed by atoms with van der Waals surface area (Å²) in [6.45, 7) is 3.05. The molecule has 4 rings (SSSR count). The Balaban J connectivity index is 1.69. The first kappa shape index (κ1) is 18.6. The van der Waals surface area contributed by atoms with Crippen molar-refractivity contribution in [2.45, 2.75) is 26.2 Å². The topological polar surface area (TPSA) is 88.3 Å². The third kappa shape index (κ3) is 3.40. The van der Waals surface area contributed by atoms with Crippen molar-refractivity contribution in [2.24, 2.45) is 13.0 Å². The van der Waals surface area contributed by atoms with E-state index in [1.54, 1.807) is 16.0 Å². The Kier molecular flexibility index (Phi) is 4.89. The molecule has 1 N–H and O–H groups in total. The van der Waals surface area contributed by atoms with Crippen molar-refractivity contribution in [3.8, 4) is 10.6 Å². The molecule has 0 aliphatic carbocycles. The summed E-state index contributed by atoms with van der Waals surface area (Å²) in [6.07, 6.45) is 1.61. The van der Waals surface area contributed by atoms with Gasteiger partial charge in [-0.3, -0.25) is 14.3 Å². The zero-order valence-corrected chi connectivity index (χ0v) is 16.7. The quantitative estimate of drug-likeness (QED) is 0.728. The lowest BCUT2D eigenvalue weighted by atomic mass is 9.93. The highest BCUT2D eigenvalue weighted by molar-refractivity contribution is 7.13. The van der Waals surface area contributed by atoms with Gasteiger partial charge in [-0.15, -0.1) is 11.3 Å². The van der Waals surface area contributed by atoms with Crippen LogP contribution < -0.4 is 0 Å². The molecular formula is C20H22N4O3S. The zero-order chi connectivity index (χ0) is 19.8. The standard InChI is InChI=1S/C20H22N4O3S/c1-12-18-14(20(27)24-7-5-13(6-8-24)10-17(25)26)11-15(16-4-3-9-28-16)21-19(18)23(2)22-12/h3-4,9,11,13H,5-8,10H2,1-2H3,(H,25,26). The van der Waals surface area contributed by atoms with Gasteiger partial charge >= 0.3 is 5.97 Å². The molecular weight excluding hydrogens is 376 g/mol. The van der Waals surface area contributed by atoms with E-state index < -0.39 is 5.97 Å². The van der Waals surface area contributed by atoms with Crippen LogP contribution in [0.5, 0.6) is 0 Å². The van der Waals surface area contributed by atoms with Gasteiger partial charge in [0, 0.05) is 26.6 Å². The van der Waals surface area contributed by atoms with Crippen LogP contribution >= 0.6 is 11.3 Å². The summed E-state index contributed by atoms with van der Waals surface area (Å²) in [6, 6.07) is 5.83. The first-order valence-electron chi connectivity index (χ1n) is 9.33. The van der Waals surface area contributed by atoms with Gasteiger partial charge in [-0.05, 0) is 43.2 Å². The molecule has 4 heterocycles. The van der Waals surface area contributed by atoms with Crippen molar-refractivity contribution in [3.05, 3.63) is 34.8 Å². The normalized spacial score (nSPS) is 15.3. The van der Waals surface area contributed by atoms with Gasteiger partial charge in [0.1, 0.15) is 0 Å². The molecule has 1 aliphatic heterocycles. The molecule has 0 unspecified atom stereocenters. The number of rotatable bonds is 4. The smallest absolute Gasteiger partial charge is 0.303 e. The van der Waals surface area contributed by atoms with Crippen LogP contribution in [-0.4, -0.2) is 49.7 Å². The highest BCUT2D eigenvalue weighted by atomic mass is 32.1. The molecule has 0 bridgehead atoms. The van der Waals surface area contributed by atoms with Crippen LogP contribution in [0.4, 0.5) is 0 Å². The number of hydrogen-bond donors (Lipinski definition) is 1. The maximum Gasteiger partial charge on any atom is 0.303 e. The van der Waals surface area contributed by atoms with Crippen molar-refractivity contribution in [3.63, 3.8) is 0 Å². The van der Waals surface area contributed by atoms with E-state index in [9.17, 15) is 9.59 Å². The molecule has 3 aromatic rings. The van der Waals surface area contributed by atoms with Crippen LogP contribution in [0.3, 0.4) is 0 Å². The van der Waals surface area contributed by atoms with E-state index in [0.717, 1.165) is 34.5 Å². The number of aryl methyl sites for hydroxylation is 2. The minimum absolute atomic E-state index is 0.0323. The molecule has 1 aliphatic rings. The number of likely N-dealkylation sites (tertiary alicyclic amines) is 1. The van der Waals surface area contributed by atoms with Gasteiger partial charge in [-0.2, -0.15) is 5.10 Å². The van der Waals surface area contributed by atoms with E-state index in [2.05, 4.69) is 5.10 Å². The summed E-state index contributed by atoms with van der Waals surface area (Å²) in [5, 5.41) is 16.2. The predicted octanol–water partition coefficient (Wildman–Crippen LogP) is 3.33.